The second-order valence-corrected chi connectivity index (χ2v) is 6.79. The van der Waals surface area contributed by atoms with Crippen molar-refractivity contribution in [3.63, 3.8) is 0 Å². The van der Waals surface area contributed by atoms with E-state index < -0.39 is 5.63 Å². The summed E-state index contributed by atoms with van der Waals surface area (Å²) >= 11 is 12.2. The van der Waals surface area contributed by atoms with Gasteiger partial charge >= 0.3 is 5.63 Å². The summed E-state index contributed by atoms with van der Waals surface area (Å²) in [5.41, 5.74) is 2.22. The van der Waals surface area contributed by atoms with Crippen LogP contribution in [0, 0.1) is 6.92 Å². The van der Waals surface area contributed by atoms with E-state index in [1.165, 1.54) is 6.07 Å². The van der Waals surface area contributed by atoms with Gasteiger partial charge in [0.05, 0.1) is 0 Å². The Balaban J connectivity index is 1.90. The van der Waals surface area contributed by atoms with Crippen LogP contribution in [0.1, 0.15) is 29.7 Å². The van der Waals surface area contributed by atoms with Gasteiger partial charge in [0.1, 0.15) is 11.3 Å². The van der Waals surface area contributed by atoms with Crippen molar-refractivity contribution < 1.29 is 9.52 Å². The average Bonchev–Trinajstić information content (AvgIpc) is 2.56. The number of hydrogen-bond donors (Lipinski definition) is 2. The summed E-state index contributed by atoms with van der Waals surface area (Å²) in [4.78, 5) is 11.9. The number of hydrogen-bond acceptors (Lipinski definition) is 4. The molecule has 0 amide bonds. The molecule has 0 aliphatic carbocycles. The van der Waals surface area contributed by atoms with Crippen LogP contribution >= 0.6 is 23.2 Å². The van der Waals surface area contributed by atoms with Crippen LogP contribution < -0.4 is 10.9 Å². The maximum atomic E-state index is 11.9. The maximum absolute atomic E-state index is 11.9. The molecule has 2 N–H and O–H groups in total. The van der Waals surface area contributed by atoms with Crippen LogP contribution in [0.25, 0.3) is 11.0 Å². The first-order valence-electron chi connectivity index (χ1n) is 7.80. The average molecular weight is 378 g/mol. The topological polar surface area (TPSA) is 62.5 Å². The van der Waals surface area contributed by atoms with E-state index in [2.05, 4.69) is 5.32 Å². The largest absolute Gasteiger partial charge is 0.508 e. The molecule has 6 heteroatoms. The lowest BCUT2D eigenvalue weighted by Crippen LogP contribution is -2.19. The van der Waals surface area contributed by atoms with E-state index in [4.69, 9.17) is 27.6 Å². The molecule has 0 aliphatic rings. The smallest absolute Gasteiger partial charge is 0.336 e. The fourth-order valence-electron chi connectivity index (χ4n) is 2.79. The van der Waals surface area contributed by atoms with E-state index in [-0.39, 0.29) is 11.8 Å². The number of phenols is 1. The first-order valence-corrected chi connectivity index (χ1v) is 8.56. The quantitative estimate of drug-likeness (QED) is 0.630. The highest BCUT2D eigenvalue weighted by molar-refractivity contribution is 6.35. The van der Waals surface area contributed by atoms with Gasteiger partial charge in [-0.3, -0.25) is 0 Å². The number of nitrogens with one attached hydrogen (secondary N) is 1. The van der Waals surface area contributed by atoms with E-state index in [1.807, 2.05) is 13.0 Å². The first kappa shape index (κ1) is 17.8. The van der Waals surface area contributed by atoms with Gasteiger partial charge in [0.15, 0.2) is 0 Å². The van der Waals surface area contributed by atoms with Crippen molar-refractivity contribution in [3.05, 3.63) is 73.6 Å². The molecular weight excluding hydrogens is 361 g/mol. The van der Waals surface area contributed by atoms with Gasteiger partial charge in [-0.25, -0.2) is 4.79 Å². The molecule has 130 valence electrons. The standard InChI is InChI=1S/C19H17Cl2NO3/c1-10-17(23)6-5-15-12(7-18(24)25-19(10)15)9-22-11(2)14-4-3-13(20)8-16(14)21/h3-8,11,22-23H,9H2,1-2H3. The Bertz CT molecular complexity index is 998. The number of rotatable bonds is 4. The molecule has 0 fully saturated rings. The second kappa shape index (κ2) is 7.08. The third-order valence-electron chi connectivity index (χ3n) is 4.25. The first-order chi connectivity index (χ1) is 11.9. The molecule has 0 saturated heterocycles. The van der Waals surface area contributed by atoms with Crippen molar-refractivity contribution in [2.75, 3.05) is 0 Å². The van der Waals surface area contributed by atoms with Crippen LogP contribution in [-0.2, 0) is 6.54 Å². The summed E-state index contributed by atoms with van der Waals surface area (Å²) < 4.78 is 5.26. The zero-order chi connectivity index (χ0) is 18.1. The molecule has 1 heterocycles. The van der Waals surface area contributed by atoms with Crippen LogP contribution in [-0.4, -0.2) is 5.11 Å². The predicted octanol–water partition coefficient (Wildman–Crippen LogP) is 4.96. The molecule has 25 heavy (non-hydrogen) atoms. The molecular formula is C19H17Cl2NO3. The molecule has 2 aromatic carbocycles. The fraction of sp³-hybridized carbons (Fsp3) is 0.211. The van der Waals surface area contributed by atoms with Crippen LogP contribution in [0.2, 0.25) is 10.0 Å². The monoisotopic (exact) mass is 377 g/mol. The lowest BCUT2D eigenvalue weighted by Gasteiger charge is -2.17. The number of aryl methyl sites for hydroxylation is 1. The molecule has 3 aromatic rings. The molecule has 0 aliphatic heterocycles. The predicted molar refractivity (Wildman–Crippen MR) is 101 cm³/mol. The minimum absolute atomic E-state index is 0.0368. The lowest BCUT2D eigenvalue weighted by molar-refractivity contribution is 0.468. The molecule has 1 atom stereocenters. The van der Waals surface area contributed by atoms with Crippen LogP contribution in [0.5, 0.6) is 5.75 Å². The minimum Gasteiger partial charge on any atom is -0.508 e. The van der Waals surface area contributed by atoms with Gasteiger partial charge in [-0.05, 0) is 49.2 Å². The van der Waals surface area contributed by atoms with Crippen molar-refractivity contribution in [1.82, 2.24) is 5.32 Å². The fourth-order valence-corrected chi connectivity index (χ4v) is 3.36. The highest BCUT2D eigenvalue weighted by atomic mass is 35.5. The summed E-state index contributed by atoms with van der Waals surface area (Å²) in [5.74, 6) is 0.0991. The van der Waals surface area contributed by atoms with Gasteiger partial charge in [0, 0.05) is 39.6 Å². The molecule has 0 bridgehead atoms. The summed E-state index contributed by atoms with van der Waals surface area (Å²) in [6, 6.07) is 10.1. The molecule has 4 nitrogen and oxygen atoms in total. The van der Waals surface area contributed by atoms with E-state index >= 15 is 0 Å². The SMILES string of the molecule is Cc1c(O)ccc2c(CNC(C)c3ccc(Cl)cc3Cl)cc(=O)oc12. The van der Waals surface area contributed by atoms with E-state index in [0.29, 0.717) is 27.7 Å². The van der Waals surface area contributed by atoms with Crippen molar-refractivity contribution in [1.29, 1.82) is 0 Å². The Morgan fingerprint density at radius 2 is 1.96 bits per heavy atom. The zero-order valence-electron chi connectivity index (χ0n) is 13.8. The van der Waals surface area contributed by atoms with Crippen LogP contribution in [0.3, 0.4) is 0 Å². The second-order valence-electron chi connectivity index (χ2n) is 5.95. The van der Waals surface area contributed by atoms with Crippen molar-refractivity contribution >= 4 is 34.2 Å². The van der Waals surface area contributed by atoms with E-state index in [0.717, 1.165) is 16.5 Å². The number of benzene rings is 2. The van der Waals surface area contributed by atoms with Gasteiger partial charge in [-0.1, -0.05) is 29.3 Å². The van der Waals surface area contributed by atoms with Crippen molar-refractivity contribution in [2.24, 2.45) is 0 Å². The molecule has 1 unspecified atom stereocenters. The van der Waals surface area contributed by atoms with Gasteiger partial charge in [-0.15, -0.1) is 0 Å². The normalized spacial score (nSPS) is 12.5. The zero-order valence-corrected chi connectivity index (χ0v) is 15.3. The summed E-state index contributed by atoms with van der Waals surface area (Å²) in [5, 5.41) is 15.1. The highest BCUT2D eigenvalue weighted by Crippen LogP contribution is 2.29. The van der Waals surface area contributed by atoms with E-state index in [9.17, 15) is 9.90 Å². The van der Waals surface area contributed by atoms with Crippen molar-refractivity contribution in [3.8, 4) is 5.75 Å². The summed E-state index contributed by atoms with van der Waals surface area (Å²) in [6.07, 6.45) is 0. The van der Waals surface area contributed by atoms with Gasteiger partial charge in [0.25, 0.3) is 0 Å². The summed E-state index contributed by atoms with van der Waals surface area (Å²) in [6.45, 7) is 4.15. The highest BCUT2D eigenvalue weighted by Gasteiger charge is 2.13. The van der Waals surface area contributed by atoms with Gasteiger partial charge < -0.3 is 14.8 Å². The molecule has 0 saturated carbocycles. The Hall–Kier alpha value is -2.01. The Morgan fingerprint density at radius 3 is 2.68 bits per heavy atom. The van der Waals surface area contributed by atoms with Crippen molar-refractivity contribution in [2.45, 2.75) is 26.4 Å². The molecule has 0 radical (unpaired) electrons. The number of halogens is 2. The van der Waals surface area contributed by atoms with Gasteiger partial charge in [-0.2, -0.15) is 0 Å². The number of fused-ring (bicyclic) bond motifs is 1. The minimum atomic E-state index is -0.449. The third-order valence-corrected chi connectivity index (χ3v) is 4.81. The molecule has 1 aromatic heterocycles. The molecule has 3 rings (SSSR count). The van der Waals surface area contributed by atoms with Gasteiger partial charge in [0.2, 0.25) is 0 Å². The third kappa shape index (κ3) is 3.66. The number of phenolic OH excluding ortho intramolecular Hbond substituents is 1. The Morgan fingerprint density at radius 1 is 1.20 bits per heavy atom. The Labute approximate surface area is 155 Å². The van der Waals surface area contributed by atoms with Crippen LogP contribution in [0.4, 0.5) is 0 Å². The number of aromatic hydroxyl groups is 1. The van der Waals surface area contributed by atoms with Crippen LogP contribution in [0.15, 0.2) is 45.6 Å². The Kier molecular flexibility index (Phi) is 5.04. The summed E-state index contributed by atoms with van der Waals surface area (Å²) in [7, 11) is 0. The maximum Gasteiger partial charge on any atom is 0.336 e. The lowest BCUT2D eigenvalue weighted by atomic mass is 10.0. The van der Waals surface area contributed by atoms with E-state index in [1.54, 1.807) is 31.2 Å². The molecule has 0 spiro atoms.